The van der Waals surface area contributed by atoms with Crippen LogP contribution in [0.4, 0.5) is 5.69 Å². The molecule has 4 rings (SSSR count). The number of rotatable bonds is 5. The average Bonchev–Trinajstić information content (AvgIpc) is 2.95. The first-order chi connectivity index (χ1) is 17.1. The summed E-state index contributed by atoms with van der Waals surface area (Å²) >= 11 is 12.1. The number of hydrogen-bond acceptors (Lipinski definition) is 5. The number of anilines is 1. The van der Waals surface area contributed by atoms with Gasteiger partial charge in [-0.1, -0.05) is 92.5 Å². The minimum Gasteiger partial charge on any atom is -0.506 e. The van der Waals surface area contributed by atoms with Crippen molar-refractivity contribution >= 4 is 52.5 Å². The number of amides is 1. The highest BCUT2D eigenvalue weighted by molar-refractivity contribution is 6.36. The Morgan fingerprint density at radius 2 is 1.75 bits per heavy atom. The number of carbonyl (C=O) groups is 2. The van der Waals surface area contributed by atoms with Gasteiger partial charge in [-0.25, -0.2) is 4.99 Å². The fraction of sp³-hybridized carbons (Fsp3) is 0.214. The number of nitrogens with zero attached hydrogens (tertiary/aromatic N) is 3. The number of Topliss-reactive ketones (excluding diaryl/α,β-unsaturated/α-hetero) is 1. The van der Waals surface area contributed by atoms with Crippen LogP contribution < -0.4 is 4.90 Å². The Labute approximate surface area is 219 Å². The van der Waals surface area contributed by atoms with E-state index in [9.17, 15) is 14.7 Å². The molecule has 1 heterocycles. The molecule has 0 fully saturated rings. The molecule has 0 aromatic heterocycles. The molecule has 3 aromatic carbocycles. The lowest BCUT2D eigenvalue weighted by Gasteiger charge is -2.27. The van der Waals surface area contributed by atoms with Crippen LogP contribution in [0.1, 0.15) is 37.5 Å². The highest BCUT2D eigenvalue weighted by Crippen LogP contribution is 2.32. The summed E-state index contributed by atoms with van der Waals surface area (Å²) < 4.78 is 0. The van der Waals surface area contributed by atoms with E-state index in [2.05, 4.69) is 4.99 Å². The summed E-state index contributed by atoms with van der Waals surface area (Å²) in [6, 6.07) is 19.7. The van der Waals surface area contributed by atoms with Crippen molar-refractivity contribution < 1.29 is 14.7 Å². The quantitative estimate of drug-likeness (QED) is 0.421. The van der Waals surface area contributed by atoms with Crippen molar-refractivity contribution in [3.63, 3.8) is 0 Å². The van der Waals surface area contributed by atoms with Crippen LogP contribution in [0, 0.1) is 5.41 Å². The number of ketones is 1. The molecule has 0 saturated carbocycles. The van der Waals surface area contributed by atoms with E-state index in [1.165, 1.54) is 23.2 Å². The first-order valence-corrected chi connectivity index (χ1v) is 12.1. The maximum Gasteiger partial charge on any atom is 0.274 e. The summed E-state index contributed by atoms with van der Waals surface area (Å²) in [7, 11) is 0. The molecule has 0 aliphatic carbocycles. The Hall–Kier alpha value is -3.48. The van der Waals surface area contributed by atoms with Crippen molar-refractivity contribution in [3.05, 3.63) is 93.5 Å². The van der Waals surface area contributed by atoms with Gasteiger partial charge < -0.3 is 10.0 Å². The predicted octanol–water partition coefficient (Wildman–Crippen LogP) is 5.94. The third-order valence-corrected chi connectivity index (χ3v) is 6.29. The molecule has 8 heteroatoms. The molecular formula is C28H25Cl2N3O3. The van der Waals surface area contributed by atoms with Gasteiger partial charge in [0.15, 0.2) is 5.78 Å². The number of carbonyl (C=O) groups excluding carboxylic acids is 2. The van der Waals surface area contributed by atoms with Gasteiger partial charge in [-0.2, -0.15) is 0 Å². The fourth-order valence-corrected chi connectivity index (χ4v) is 4.23. The molecule has 0 radical (unpaired) electrons. The van der Waals surface area contributed by atoms with Crippen molar-refractivity contribution in [3.8, 4) is 5.75 Å². The van der Waals surface area contributed by atoms with Crippen LogP contribution in [0.25, 0.3) is 0 Å². The van der Waals surface area contributed by atoms with E-state index in [-0.39, 0.29) is 28.7 Å². The van der Waals surface area contributed by atoms with Gasteiger partial charge in [-0.3, -0.25) is 14.6 Å². The normalized spacial score (nSPS) is 16.0. The lowest BCUT2D eigenvalue weighted by molar-refractivity contribution is -0.127. The zero-order valence-corrected chi connectivity index (χ0v) is 21.6. The van der Waals surface area contributed by atoms with E-state index in [0.29, 0.717) is 22.0 Å². The van der Waals surface area contributed by atoms with E-state index in [0.717, 1.165) is 5.56 Å². The topological polar surface area (TPSA) is 82.3 Å². The molecule has 0 unspecified atom stereocenters. The summed E-state index contributed by atoms with van der Waals surface area (Å²) in [5.74, 6) is -0.771. The third-order valence-electron chi connectivity index (χ3n) is 5.79. The van der Waals surface area contributed by atoms with Crippen molar-refractivity contribution in [1.29, 1.82) is 0 Å². The van der Waals surface area contributed by atoms with Gasteiger partial charge in [0, 0.05) is 33.3 Å². The third kappa shape index (κ3) is 5.35. The zero-order chi connectivity index (χ0) is 26.0. The standard InChI is InChI=1S/C28H25Cl2N3O3/c1-28(2,3)23(34)16-33-22-12-8-7-11-20(22)24(17-9-5-4-6-10-17)32-26(27(33)36)31-15-18-13-19(29)14-21(30)25(18)35/h4-15,26,35H,16H2,1-3H3/b31-15+/t26-/m1/s1. The number of phenolic OH excluding ortho intramolecular Hbond substituents is 1. The molecule has 184 valence electrons. The molecule has 1 atom stereocenters. The predicted molar refractivity (Wildman–Crippen MR) is 145 cm³/mol. The van der Waals surface area contributed by atoms with Crippen LogP contribution in [0.2, 0.25) is 10.0 Å². The SMILES string of the molecule is CC(C)(C)C(=O)CN1C(=O)[C@H](/N=C/c2cc(Cl)cc(Cl)c2O)N=C(c2ccccc2)c2ccccc21. The highest BCUT2D eigenvalue weighted by Gasteiger charge is 2.34. The minimum atomic E-state index is -1.21. The number of aliphatic imine (C=N–C) groups is 2. The fourth-order valence-electron chi connectivity index (χ4n) is 3.72. The molecule has 3 aromatic rings. The average molecular weight is 522 g/mol. The van der Waals surface area contributed by atoms with Crippen molar-refractivity contribution in [2.24, 2.45) is 15.4 Å². The highest BCUT2D eigenvalue weighted by atomic mass is 35.5. The van der Waals surface area contributed by atoms with Crippen molar-refractivity contribution in [2.75, 3.05) is 11.4 Å². The van der Waals surface area contributed by atoms with E-state index < -0.39 is 17.5 Å². The molecular weight excluding hydrogens is 497 g/mol. The molecule has 1 amide bonds. The van der Waals surface area contributed by atoms with Crippen LogP contribution in [0.3, 0.4) is 0 Å². The second-order valence-corrected chi connectivity index (χ2v) is 10.3. The lowest BCUT2D eigenvalue weighted by Crippen LogP contribution is -2.43. The molecule has 1 aliphatic heterocycles. The van der Waals surface area contributed by atoms with Crippen molar-refractivity contribution in [2.45, 2.75) is 26.9 Å². The van der Waals surface area contributed by atoms with Crippen LogP contribution in [0.5, 0.6) is 5.75 Å². The van der Waals surface area contributed by atoms with Gasteiger partial charge in [-0.05, 0) is 18.2 Å². The number of para-hydroxylation sites is 1. The summed E-state index contributed by atoms with van der Waals surface area (Å²) in [4.78, 5) is 37.5. The Kier molecular flexibility index (Phi) is 7.29. The number of hydrogen-bond donors (Lipinski definition) is 1. The minimum absolute atomic E-state index is 0.0643. The first kappa shape index (κ1) is 25.6. The van der Waals surface area contributed by atoms with Crippen LogP contribution in [-0.4, -0.2) is 41.4 Å². The summed E-state index contributed by atoms with van der Waals surface area (Å²) in [6.45, 7) is 5.32. The second kappa shape index (κ2) is 10.2. The molecule has 36 heavy (non-hydrogen) atoms. The van der Waals surface area contributed by atoms with Crippen molar-refractivity contribution in [1.82, 2.24) is 0 Å². The summed E-state index contributed by atoms with van der Waals surface area (Å²) in [6.07, 6.45) is 0.110. The van der Waals surface area contributed by atoms with Gasteiger partial charge in [0.2, 0.25) is 6.17 Å². The maximum atomic E-state index is 13.8. The molecule has 0 saturated heterocycles. The Bertz CT molecular complexity index is 1380. The van der Waals surface area contributed by atoms with E-state index in [4.69, 9.17) is 28.2 Å². The van der Waals surface area contributed by atoms with E-state index in [1.54, 1.807) is 6.07 Å². The first-order valence-electron chi connectivity index (χ1n) is 11.3. The number of aromatic hydroxyl groups is 1. The number of fused-ring (bicyclic) bond motifs is 1. The number of phenols is 1. The Balaban J connectivity index is 1.87. The van der Waals surface area contributed by atoms with Gasteiger partial charge in [0.25, 0.3) is 5.91 Å². The zero-order valence-electron chi connectivity index (χ0n) is 20.1. The summed E-state index contributed by atoms with van der Waals surface area (Å²) in [5, 5.41) is 10.7. The number of halogens is 2. The van der Waals surface area contributed by atoms with Gasteiger partial charge >= 0.3 is 0 Å². The lowest BCUT2D eigenvalue weighted by atomic mass is 9.90. The van der Waals surface area contributed by atoms with Crippen LogP contribution in [-0.2, 0) is 9.59 Å². The van der Waals surface area contributed by atoms with Crippen LogP contribution in [0.15, 0.2) is 76.7 Å². The second-order valence-electron chi connectivity index (χ2n) is 9.44. The molecule has 0 bridgehead atoms. The van der Waals surface area contributed by atoms with Gasteiger partial charge in [0.05, 0.1) is 23.0 Å². The maximum absolute atomic E-state index is 13.8. The monoisotopic (exact) mass is 521 g/mol. The summed E-state index contributed by atoms with van der Waals surface area (Å²) in [5.41, 5.74) is 2.26. The Morgan fingerprint density at radius 3 is 2.44 bits per heavy atom. The number of benzodiazepines with no additional fused rings is 1. The van der Waals surface area contributed by atoms with E-state index in [1.807, 2.05) is 69.3 Å². The Morgan fingerprint density at radius 1 is 1.08 bits per heavy atom. The van der Waals surface area contributed by atoms with Crippen LogP contribution >= 0.6 is 23.2 Å². The molecule has 1 N–H and O–H groups in total. The largest absolute Gasteiger partial charge is 0.506 e. The van der Waals surface area contributed by atoms with Gasteiger partial charge in [-0.15, -0.1) is 0 Å². The van der Waals surface area contributed by atoms with Gasteiger partial charge in [0.1, 0.15) is 5.75 Å². The smallest absolute Gasteiger partial charge is 0.274 e. The molecule has 1 aliphatic rings. The molecule has 0 spiro atoms. The molecule has 6 nitrogen and oxygen atoms in total. The number of benzene rings is 3. The van der Waals surface area contributed by atoms with E-state index >= 15 is 0 Å².